The number of aliphatic hydroxyl groups is 1. The van der Waals surface area contributed by atoms with Crippen molar-refractivity contribution in [2.24, 2.45) is 0 Å². The van der Waals surface area contributed by atoms with Crippen LogP contribution in [0.25, 0.3) is 0 Å². The maximum Gasteiger partial charge on any atom is 0.166 e. The Morgan fingerprint density at radius 3 is 3.06 bits per heavy atom. The highest BCUT2D eigenvalue weighted by Crippen LogP contribution is 2.45. The van der Waals surface area contributed by atoms with E-state index in [0.29, 0.717) is 18.9 Å². The quantitative estimate of drug-likeness (QED) is 0.699. The second-order valence-corrected chi connectivity index (χ2v) is 5.38. The van der Waals surface area contributed by atoms with Crippen molar-refractivity contribution >= 4 is 5.78 Å². The lowest BCUT2D eigenvalue weighted by atomic mass is 9.79. The zero-order chi connectivity index (χ0) is 11.3. The van der Waals surface area contributed by atoms with Gasteiger partial charge in [-0.1, -0.05) is 0 Å². The zero-order valence-corrected chi connectivity index (χ0v) is 9.69. The van der Waals surface area contributed by atoms with E-state index in [9.17, 15) is 9.90 Å². The highest BCUT2D eigenvalue weighted by atomic mass is 16.5. The highest BCUT2D eigenvalue weighted by Gasteiger charge is 2.59. The van der Waals surface area contributed by atoms with E-state index in [4.69, 9.17) is 4.74 Å². The summed E-state index contributed by atoms with van der Waals surface area (Å²) >= 11 is 0. The summed E-state index contributed by atoms with van der Waals surface area (Å²) in [5.41, 5.74) is -1.07. The van der Waals surface area contributed by atoms with E-state index in [0.717, 1.165) is 25.8 Å². The Hall–Kier alpha value is -0.450. The molecule has 1 aliphatic carbocycles. The molecule has 2 aliphatic heterocycles. The Labute approximate surface area is 95.6 Å². The predicted molar refractivity (Wildman–Crippen MR) is 58.1 cm³/mol. The van der Waals surface area contributed by atoms with Crippen molar-refractivity contribution in [1.82, 2.24) is 4.90 Å². The smallest absolute Gasteiger partial charge is 0.166 e. The van der Waals surface area contributed by atoms with Crippen molar-refractivity contribution in [3.05, 3.63) is 0 Å². The second kappa shape index (κ2) is 3.52. The van der Waals surface area contributed by atoms with Gasteiger partial charge in [0.25, 0.3) is 0 Å². The largest absolute Gasteiger partial charge is 0.381 e. The molecule has 0 aromatic rings. The van der Waals surface area contributed by atoms with Crippen molar-refractivity contribution in [3.8, 4) is 0 Å². The molecule has 0 unspecified atom stereocenters. The molecule has 2 heterocycles. The normalized spacial score (nSPS) is 48.1. The van der Waals surface area contributed by atoms with Crippen LogP contribution in [0, 0.1) is 0 Å². The molecule has 90 valence electrons. The molecule has 1 saturated carbocycles. The number of ether oxygens (including phenoxy) is 1. The average molecular weight is 225 g/mol. The van der Waals surface area contributed by atoms with Crippen LogP contribution in [0.15, 0.2) is 0 Å². The van der Waals surface area contributed by atoms with E-state index in [2.05, 4.69) is 4.90 Å². The molecule has 4 atom stereocenters. The molecule has 3 fully saturated rings. The van der Waals surface area contributed by atoms with E-state index in [-0.39, 0.29) is 17.9 Å². The highest BCUT2D eigenvalue weighted by molar-refractivity contribution is 5.89. The Morgan fingerprint density at radius 1 is 1.50 bits per heavy atom. The summed E-state index contributed by atoms with van der Waals surface area (Å²) in [6.45, 7) is 0.962. The number of methoxy groups -OCH3 is 1. The fraction of sp³-hybridized carbons (Fsp3) is 0.917. The van der Waals surface area contributed by atoms with Gasteiger partial charge in [-0.15, -0.1) is 0 Å². The van der Waals surface area contributed by atoms with Crippen LogP contribution < -0.4 is 0 Å². The van der Waals surface area contributed by atoms with Gasteiger partial charge in [0.15, 0.2) is 5.78 Å². The minimum absolute atomic E-state index is 0.00574. The molecule has 0 radical (unpaired) electrons. The third kappa shape index (κ3) is 1.30. The van der Waals surface area contributed by atoms with E-state index >= 15 is 0 Å². The average Bonchev–Trinajstić information content (AvgIpc) is 2.55. The minimum Gasteiger partial charge on any atom is -0.381 e. The van der Waals surface area contributed by atoms with Crippen LogP contribution in [-0.4, -0.2) is 53.2 Å². The van der Waals surface area contributed by atoms with Crippen LogP contribution in [0.3, 0.4) is 0 Å². The topological polar surface area (TPSA) is 49.8 Å². The van der Waals surface area contributed by atoms with Crippen molar-refractivity contribution in [3.63, 3.8) is 0 Å². The molecule has 0 amide bonds. The summed E-state index contributed by atoms with van der Waals surface area (Å²) in [7, 11) is 1.72. The van der Waals surface area contributed by atoms with E-state index < -0.39 is 5.60 Å². The van der Waals surface area contributed by atoms with E-state index in [1.165, 1.54) is 0 Å². The van der Waals surface area contributed by atoms with Crippen LogP contribution in [0.2, 0.25) is 0 Å². The van der Waals surface area contributed by atoms with Crippen LogP contribution >= 0.6 is 0 Å². The van der Waals surface area contributed by atoms with Crippen molar-refractivity contribution in [2.45, 2.75) is 55.9 Å². The molecule has 0 aromatic heterocycles. The molecule has 4 heteroatoms. The Morgan fingerprint density at radius 2 is 2.31 bits per heavy atom. The van der Waals surface area contributed by atoms with Crippen LogP contribution in [0.1, 0.15) is 32.1 Å². The first-order valence-electron chi connectivity index (χ1n) is 6.19. The molecular weight excluding hydrogens is 206 g/mol. The molecule has 0 aromatic carbocycles. The van der Waals surface area contributed by atoms with Crippen molar-refractivity contribution in [2.75, 3.05) is 13.7 Å². The Kier molecular flexibility index (Phi) is 2.35. The predicted octanol–water partition coefficient (Wildman–Crippen LogP) is 0.332. The molecule has 0 spiro atoms. The van der Waals surface area contributed by atoms with Crippen molar-refractivity contribution in [1.29, 1.82) is 0 Å². The molecule has 2 bridgehead atoms. The van der Waals surface area contributed by atoms with Gasteiger partial charge in [-0.25, -0.2) is 0 Å². The van der Waals surface area contributed by atoms with Gasteiger partial charge in [0.05, 0.1) is 6.10 Å². The number of nitrogens with zero attached hydrogens (tertiary/aromatic N) is 1. The summed E-state index contributed by atoms with van der Waals surface area (Å²) in [4.78, 5) is 14.3. The van der Waals surface area contributed by atoms with Gasteiger partial charge in [-0.3, -0.25) is 9.69 Å². The third-order valence-electron chi connectivity index (χ3n) is 4.68. The number of ketones is 1. The van der Waals surface area contributed by atoms with E-state index in [1.54, 1.807) is 7.11 Å². The molecular formula is C12H19NO3. The van der Waals surface area contributed by atoms with Crippen LogP contribution in [-0.2, 0) is 9.53 Å². The molecule has 2 saturated heterocycles. The molecule has 4 nitrogen and oxygen atoms in total. The summed E-state index contributed by atoms with van der Waals surface area (Å²) in [6.07, 6.45) is 4.15. The summed E-state index contributed by atoms with van der Waals surface area (Å²) in [5, 5.41) is 10.6. The number of carbonyl (C=O) groups excluding carboxylic acids is 1. The maximum absolute atomic E-state index is 11.9. The Bertz CT molecular complexity index is 319. The first-order valence-corrected chi connectivity index (χ1v) is 6.19. The summed E-state index contributed by atoms with van der Waals surface area (Å²) in [5.74, 6) is 0.0491. The SMILES string of the molecule is CO[C@@H]1CCN2[C@@H]3CCC(=O)[C@@](O)(C3)[C@H]2C1. The molecule has 1 N–H and O–H groups in total. The minimum atomic E-state index is -1.07. The number of fused-ring (bicyclic) bond motifs is 5. The lowest BCUT2D eigenvalue weighted by Gasteiger charge is -2.39. The van der Waals surface area contributed by atoms with Crippen LogP contribution in [0.5, 0.6) is 0 Å². The van der Waals surface area contributed by atoms with Gasteiger partial charge >= 0.3 is 0 Å². The lowest BCUT2D eigenvalue weighted by molar-refractivity contribution is -0.142. The monoisotopic (exact) mass is 225 g/mol. The first-order chi connectivity index (χ1) is 7.65. The first kappa shape index (κ1) is 10.7. The van der Waals surface area contributed by atoms with Gasteiger partial charge in [0, 0.05) is 38.6 Å². The molecule has 16 heavy (non-hydrogen) atoms. The van der Waals surface area contributed by atoms with Gasteiger partial charge in [0.1, 0.15) is 5.60 Å². The fourth-order valence-corrected chi connectivity index (χ4v) is 3.77. The fourth-order valence-electron chi connectivity index (χ4n) is 3.77. The van der Waals surface area contributed by atoms with E-state index in [1.807, 2.05) is 0 Å². The van der Waals surface area contributed by atoms with Gasteiger partial charge in [0.2, 0.25) is 0 Å². The van der Waals surface area contributed by atoms with Crippen molar-refractivity contribution < 1.29 is 14.6 Å². The number of piperidine rings is 1. The summed E-state index contributed by atoms with van der Waals surface area (Å²) < 4.78 is 5.38. The van der Waals surface area contributed by atoms with Gasteiger partial charge in [-0.05, 0) is 19.3 Å². The van der Waals surface area contributed by atoms with Gasteiger partial charge < -0.3 is 9.84 Å². The zero-order valence-electron chi connectivity index (χ0n) is 9.69. The number of Topliss-reactive ketones (excluding diaryl/α,β-unsaturated/α-hetero) is 1. The summed E-state index contributed by atoms with van der Waals surface area (Å²) in [6, 6.07) is 0.428. The number of hydrogen-bond donors (Lipinski definition) is 1. The number of hydrogen-bond acceptors (Lipinski definition) is 4. The lowest BCUT2D eigenvalue weighted by Crippen LogP contribution is -2.53. The maximum atomic E-state index is 11.9. The number of rotatable bonds is 1. The molecule has 3 rings (SSSR count). The second-order valence-electron chi connectivity index (χ2n) is 5.38. The molecule has 3 aliphatic rings. The Balaban J connectivity index is 1.89. The van der Waals surface area contributed by atoms with Crippen LogP contribution in [0.4, 0.5) is 0 Å². The number of carbonyl (C=O) groups is 1. The third-order valence-corrected chi connectivity index (χ3v) is 4.68. The standard InChI is InChI=1S/C12H19NO3/c1-16-9-4-5-13-8-2-3-11(14)12(15,7-8)10(13)6-9/h8-10,15H,2-7H2,1H3/t8-,9-,10-,12-/m1/s1. The van der Waals surface area contributed by atoms with Gasteiger partial charge in [-0.2, -0.15) is 0 Å².